The summed E-state index contributed by atoms with van der Waals surface area (Å²) in [7, 11) is 0. The van der Waals surface area contributed by atoms with Crippen molar-refractivity contribution in [2.24, 2.45) is 11.8 Å². The summed E-state index contributed by atoms with van der Waals surface area (Å²) in [6, 6.07) is 0. The van der Waals surface area contributed by atoms with Crippen molar-refractivity contribution in [2.75, 3.05) is 0 Å². The number of esters is 2. The highest BCUT2D eigenvalue weighted by Gasteiger charge is 2.43. The maximum Gasteiger partial charge on any atom is 0.321 e. The van der Waals surface area contributed by atoms with Crippen LogP contribution in [0.5, 0.6) is 0 Å². The first-order valence-electron chi connectivity index (χ1n) is 3.80. The van der Waals surface area contributed by atoms with E-state index < -0.39 is 11.9 Å². The fraction of sp³-hybridized carbons (Fsp3) is 0.333. The van der Waals surface area contributed by atoms with E-state index in [1.807, 2.05) is 0 Å². The highest BCUT2D eigenvalue weighted by atomic mass is 16.6. The van der Waals surface area contributed by atoms with Gasteiger partial charge in [0, 0.05) is 0 Å². The average molecular weight is 164 g/mol. The lowest BCUT2D eigenvalue weighted by Gasteiger charge is -2.14. The number of hydrogen-bond donors (Lipinski definition) is 0. The fourth-order valence-electron chi connectivity index (χ4n) is 1.57. The minimum absolute atomic E-state index is 0.310. The summed E-state index contributed by atoms with van der Waals surface area (Å²) >= 11 is 0. The Kier molecular flexibility index (Phi) is 1.40. The van der Waals surface area contributed by atoms with E-state index in [2.05, 4.69) is 11.3 Å². The van der Waals surface area contributed by atoms with E-state index in [-0.39, 0.29) is 11.8 Å². The topological polar surface area (TPSA) is 43.4 Å². The molecule has 0 spiro atoms. The molecule has 2 aliphatic rings. The molecule has 0 radical (unpaired) electrons. The number of hydrogen-bond acceptors (Lipinski definition) is 3. The molecule has 0 bridgehead atoms. The molecular weight excluding hydrogens is 156 g/mol. The van der Waals surface area contributed by atoms with Gasteiger partial charge in [0.2, 0.25) is 0 Å². The van der Waals surface area contributed by atoms with Crippen LogP contribution in [0.2, 0.25) is 0 Å². The van der Waals surface area contributed by atoms with E-state index in [0.29, 0.717) is 6.42 Å². The molecule has 2 rings (SSSR count). The van der Waals surface area contributed by atoms with Crippen molar-refractivity contribution in [3.8, 4) is 0 Å². The maximum atomic E-state index is 11.0. The van der Waals surface area contributed by atoms with Crippen LogP contribution in [0.1, 0.15) is 6.42 Å². The first-order valence-corrected chi connectivity index (χ1v) is 3.80. The Hall–Kier alpha value is -1.38. The van der Waals surface area contributed by atoms with Gasteiger partial charge in [0.1, 0.15) is 0 Å². The molecule has 0 aromatic carbocycles. The molecule has 12 heavy (non-hydrogen) atoms. The van der Waals surface area contributed by atoms with Gasteiger partial charge in [0.15, 0.2) is 0 Å². The molecule has 0 N–H and O–H groups in total. The molecule has 0 aromatic rings. The van der Waals surface area contributed by atoms with Gasteiger partial charge in [-0.05, 0) is 6.42 Å². The largest absolute Gasteiger partial charge is 0.392 e. The van der Waals surface area contributed by atoms with Crippen molar-refractivity contribution in [1.29, 1.82) is 0 Å². The van der Waals surface area contributed by atoms with Crippen LogP contribution in [-0.4, -0.2) is 11.9 Å². The molecule has 1 aliphatic carbocycles. The Morgan fingerprint density at radius 2 is 2.17 bits per heavy atom. The van der Waals surface area contributed by atoms with E-state index in [4.69, 9.17) is 0 Å². The third kappa shape index (κ3) is 0.897. The third-order valence-corrected chi connectivity index (χ3v) is 2.23. The van der Waals surface area contributed by atoms with Crippen LogP contribution < -0.4 is 0 Å². The quantitative estimate of drug-likeness (QED) is 0.393. The highest BCUT2D eigenvalue weighted by molar-refractivity contribution is 5.98. The van der Waals surface area contributed by atoms with Crippen LogP contribution >= 0.6 is 0 Å². The molecule has 0 amide bonds. The van der Waals surface area contributed by atoms with Crippen molar-refractivity contribution >= 4 is 11.9 Å². The van der Waals surface area contributed by atoms with Crippen molar-refractivity contribution < 1.29 is 14.3 Å². The number of carbonyl (C=O) groups is 2. The Morgan fingerprint density at radius 1 is 1.42 bits per heavy atom. The minimum atomic E-state index is -0.422. The van der Waals surface area contributed by atoms with Gasteiger partial charge in [-0.3, -0.25) is 9.59 Å². The van der Waals surface area contributed by atoms with Crippen LogP contribution in [-0.2, 0) is 14.3 Å². The van der Waals surface area contributed by atoms with Crippen molar-refractivity contribution in [2.45, 2.75) is 6.42 Å². The molecule has 0 saturated carbocycles. The lowest BCUT2D eigenvalue weighted by molar-refractivity contribution is -0.153. The maximum absolute atomic E-state index is 11.0. The third-order valence-electron chi connectivity index (χ3n) is 2.23. The second kappa shape index (κ2) is 2.30. The summed E-state index contributed by atoms with van der Waals surface area (Å²) in [4.78, 5) is 22.0. The molecule has 0 aromatic heterocycles. The average Bonchev–Trinajstić information content (AvgIpc) is 2.28. The molecule has 1 aliphatic heterocycles. The molecule has 3 heteroatoms. The van der Waals surface area contributed by atoms with E-state index in [1.165, 1.54) is 0 Å². The van der Waals surface area contributed by atoms with Gasteiger partial charge in [-0.1, -0.05) is 24.3 Å². The first kappa shape index (κ1) is 7.28. The molecule has 1 saturated heterocycles. The normalized spacial score (nSPS) is 33.5. The standard InChI is InChI=1S/C9H8O3/c1-5-2-3-6-7(4-5)9(11)12-8(6)10/h2-3,6-7H,1,4H2. The van der Waals surface area contributed by atoms with E-state index in [1.54, 1.807) is 12.2 Å². The predicted molar refractivity (Wildman–Crippen MR) is 41.0 cm³/mol. The van der Waals surface area contributed by atoms with Crippen LogP contribution in [0.25, 0.3) is 0 Å². The zero-order valence-electron chi connectivity index (χ0n) is 6.45. The van der Waals surface area contributed by atoms with Gasteiger partial charge in [0.25, 0.3) is 0 Å². The second-order valence-corrected chi connectivity index (χ2v) is 3.09. The molecule has 62 valence electrons. The molecule has 3 nitrogen and oxygen atoms in total. The Balaban J connectivity index is 2.34. The van der Waals surface area contributed by atoms with Gasteiger partial charge in [0.05, 0.1) is 11.8 Å². The first-order chi connectivity index (χ1) is 5.68. The highest BCUT2D eigenvalue weighted by Crippen LogP contribution is 2.33. The summed E-state index contributed by atoms with van der Waals surface area (Å²) in [5.41, 5.74) is 0.878. The van der Waals surface area contributed by atoms with Crippen molar-refractivity contribution in [3.63, 3.8) is 0 Å². The predicted octanol–water partition coefficient (Wildman–Crippen LogP) is 0.818. The smallest absolute Gasteiger partial charge is 0.321 e. The summed E-state index contributed by atoms with van der Waals surface area (Å²) < 4.78 is 4.49. The van der Waals surface area contributed by atoms with Crippen LogP contribution in [0.4, 0.5) is 0 Å². The van der Waals surface area contributed by atoms with E-state index in [9.17, 15) is 9.59 Å². The molecule has 1 heterocycles. The van der Waals surface area contributed by atoms with Gasteiger partial charge in [-0.2, -0.15) is 0 Å². The molecule has 1 fully saturated rings. The Labute approximate surface area is 69.7 Å². The van der Waals surface area contributed by atoms with Crippen LogP contribution in [0.3, 0.4) is 0 Å². The number of ether oxygens (including phenoxy) is 1. The Bertz CT molecular complexity index is 301. The number of fused-ring (bicyclic) bond motifs is 1. The number of cyclic esters (lactones) is 2. The summed E-state index contributed by atoms with van der Waals surface area (Å²) in [5, 5.41) is 0. The van der Waals surface area contributed by atoms with Crippen LogP contribution in [0, 0.1) is 11.8 Å². The molecular formula is C9H8O3. The summed E-state index contributed by atoms with van der Waals surface area (Å²) in [6.45, 7) is 3.73. The SMILES string of the molecule is C=C1C=CC2C(=O)OC(=O)C2C1. The minimum Gasteiger partial charge on any atom is -0.392 e. The Morgan fingerprint density at radius 3 is 2.92 bits per heavy atom. The number of allylic oxidation sites excluding steroid dienone is 2. The van der Waals surface area contributed by atoms with Crippen molar-refractivity contribution in [1.82, 2.24) is 0 Å². The number of rotatable bonds is 0. The molecule has 2 atom stereocenters. The van der Waals surface area contributed by atoms with Gasteiger partial charge in [-0.25, -0.2) is 0 Å². The zero-order valence-corrected chi connectivity index (χ0v) is 6.45. The van der Waals surface area contributed by atoms with Crippen molar-refractivity contribution in [3.05, 3.63) is 24.3 Å². The summed E-state index contributed by atoms with van der Waals surface area (Å²) in [6.07, 6.45) is 4.02. The monoisotopic (exact) mass is 164 g/mol. The summed E-state index contributed by atoms with van der Waals surface area (Å²) in [5.74, 6) is -1.50. The second-order valence-electron chi connectivity index (χ2n) is 3.09. The zero-order chi connectivity index (χ0) is 8.72. The van der Waals surface area contributed by atoms with E-state index >= 15 is 0 Å². The van der Waals surface area contributed by atoms with Crippen LogP contribution in [0.15, 0.2) is 24.3 Å². The van der Waals surface area contributed by atoms with Gasteiger partial charge in [-0.15, -0.1) is 0 Å². The lowest BCUT2D eigenvalue weighted by Crippen LogP contribution is -2.18. The van der Waals surface area contributed by atoms with E-state index in [0.717, 1.165) is 5.57 Å². The fourth-order valence-corrected chi connectivity index (χ4v) is 1.57. The lowest BCUT2D eigenvalue weighted by atomic mass is 9.84. The molecule has 2 unspecified atom stereocenters. The van der Waals surface area contributed by atoms with Gasteiger partial charge >= 0.3 is 11.9 Å². The number of carbonyl (C=O) groups excluding carboxylic acids is 2. The van der Waals surface area contributed by atoms with Gasteiger partial charge < -0.3 is 4.74 Å².